The monoisotopic (exact) mass is 354 g/mol. The topological polar surface area (TPSA) is 68.3 Å². The molecule has 0 saturated carbocycles. The molecule has 134 valence electrons. The molecule has 2 heterocycles. The highest BCUT2D eigenvalue weighted by Gasteiger charge is 2.28. The molecular formula is C19H18N2O5. The number of amides is 2. The maximum Gasteiger partial charge on any atom is 0.265 e. The fourth-order valence-electron chi connectivity index (χ4n) is 2.98. The van der Waals surface area contributed by atoms with Crippen molar-refractivity contribution in [2.45, 2.75) is 6.54 Å². The Morgan fingerprint density at radius 1 is 1.08 bits per heavy atom. The molecule has 0 fully saturated rings. The van der Waals surface area contributed by atoms with Gasteiger partial charge in [-0.1, -0.05) is 18.2 Å². The van der Waals surface area contributed by atoms with E-state index < -0.39 is 0 Å². The lowest BCUT2D eigenvalue weighted by Gasteiger charge is -2.30. The highest BCUT2D eigenvalue weighted by molar-refractivity contribution is 6.02. The van der Waals surface area contributed by atoms with Crippen LogP contribution in [0.4, 0.5) is 5.69 Å². The van der Waals surface area contributed by atoms with Crippen LogP contribution in [0, 0.1) is 0 Å². The van der Waals surface area contributed by atoms with Crippen molar-refractivity contribution in [3.63, 3.8) is 0 Å². The van der Waals surface area contributed by atoms with E-state index in [1.807, 2.05) is 30.3 Å². The lowest BCUT2D eigenvalue weighted by atomic mass is 10.2. The van der Waals surface area contributed by atoms with E-state index in [0.717, 1.165) is 5.56 Å². The third kappa shape index (κ3) is 3.03. The number of benzene rings is 2. The number of nitrogens with zero attached hydrogens (tertiary/aromatic N) is 2. The van der Waals surface area contributed by atoms with Crippen molar-refractivity contribution in [3.8, 4) is 17.2 Å². The molecular weight excluding hydrogens is 336 g/mol. The molecule has 26 heavy (non-hydrogen) atoms. The minimum absolute atomic E-state index is 0.0275. The summed E-state index contributed by atoms with van der Waals surface area (Å²) in [5.74, 6) is 1.61. The normalized spacial score (nSPS) is 14.7. The maximum absolute atomic E-state index is 12.6. The van der Waals surface area contributed by atoms with E-state index >= 15 is 0 Å². The second-order valence-corrected chi connectivity index (χ2v) is 6.17. The third-order valence-corrected chi connectivity index (χ3v) is 4.38. The van der Waals surface area contributed by atoms with Crippen LogP contribution in [-0.4, -0.2) is 43.7 Å². The summed E-state index contributed by atoms with van der Waals surface area (Å²) in [6, 6.07) is 12.8. The first kappa shape index (κ1) is 16.3. The minimum Gasteiger partial charge on any atom is -0.482 e. The summed E-state index contributed by atoms with van der Waals surface area (Å²) < 4.78 is 16.1. The van der Waals surface area contributed by atoms with Gasteiger partial charge in [0.15, 0.2) is 18.1 Å². The van der Waals surface area contributed by atoms with Crippen molar-refractivity contribution >= 4 is 17.5 Å². The van der Waals surface area contributed by atoms with Gasteiger partial charge in [0, 0.05) is 13.6 Å². The molecule has 4 rings (SSSR count). The number of carbonyl (C=O) groups is 2. The Hall–Kier alpha value is -3.22. The number of likely N-dealkylation sites (N-methyl/N-ethyl adjacent to an activating group) is 1. The Labute approximate surface area is 150 Å². The second kappa shape index (κ2) is 6.59. The van der Waals surface area contributed by atoms with Crippen LogP contribution in [0.15, 0.2) is 42.5 Å². The average Bonchev–Trinajstić information content (AvgIpc) is 3.11. The van der Waals surface area contributed by atoms with Gasteiger partial charge in [0.2, 0.25) is 12.7 Å². The van der Waals surface area contributed by atoms with Crippen molar-refractivity contribution in [3.05, 3.63) is 48.0 Å². The van der Waals surface area contributed by atoms with Crippen molar-refractivity contribution in [1.82, 2.24) is 4.90 Å². The zero-order valence-corrected chi connectivity index (χ0v) is 14.3. The highest BCUT2D eigenvalue weighted by atomic mass is 16.7. The molecule has 0 aliphatic carbocycles. The van der Waals surface area contributed by atoms with Gasteiger partial charge in [0.25, 0.3) is 5.91 Å². The van der Waals surface area contributed by atoms with Gasteiger partial charge >= 0.3 is 0 Å². The number of para-hydroxylation sites is 2. The van der Waals surface area contributed by atoms with Crippen molar-refractivity contribution < 1.29 is 23.8 Å². The van der Waals surface area contributed by atoms with E-state index in [9.17, 15) is 9.59 Å². The first-order valence-electron chi connectivity index (χ1n) is 8.26. The highest BCUT2D eigenvalue weighted by Crippen LogP contribution is 2.33. The maximum atomic E-state index is 12.6. The Morgan fingerprint density at radius 3 is 2.77 bits per heavy atom. The summed E-state index contributed by atoms with van der Waals surface area (Å²) in [5, 5.41) is 0. The number of ether oxygens (including phenoxy) is 3. The van der Waals surface area contributed by atoms with Gasteiger partial charge in [-0.15, -0.1) is 0 Å². The van der Waals surface area contributed by atoms with Crippen LogP contribution in [0.2, 0.25) is 0 Å². The lowest BCUT2D eigenvalue weighted by Crippen LogP contribution is -2.45. The molecule has 0 spiro atoms. The Morgan fingerprint density at radius 2 is 1.88 bits per heavy atom. The zero-order valence-electron chi connectivity index (χ0n) is 14.3. The van der Waals surface area contributed by atoms with Crippen LogP contribution in [0.3, 0.4) is 0 Å². The molecule has 2 aliphatic heterocycles. The number of fused-ring (bicyclic) bond motifs is 2. The largest absolute Gasteiger partial charge is 0.482 e. The van der Waals surface area contributed by atoms with E-state index in [1.165, 1.54) is 4.90 Å². The third-order valence-electron chi connectivity index (χ3n) is 4.38. The fraction of sp³-hybridized carbons (Fsp3) is 0.263. The van der Waals surface area contributed by atoms with Crippen LogP contribution < -0.4 is 19.1 Å². The van der Waals surface area contributed by atoms with Gasteiger partial charge in [0.05, 0.1) is 5.69 Å². The summed E-state index contributed by atoms with van der Waals surface area (Å²) in [5.41, 5.74) is 1.55. The van der Waals surface area contributed by atoms with Gasteiger partial charge in [-0.2, -0.15) is 0 Å². The smallest absolute Gasteiger partial charge is 0.265 e. The summed E-state index contributed by atoms with van der Waals surface area (Å²) >= 11 is 0. The van der Waals surface area contributed by atoms with E-state index in [1.54, 1.807) is 24.1 Å². The number of hydrogen-bond acceptors (Lipinski definition) is 5. The minimum atomic E-state index is -0.228. The predicted octanol–water partition coefficient (Wildman–Crippen LogP) is 1.80. The zero-order chi connectivity index (χ0) is 18.1. The van der Waals surface area contributed by atoms with Gasteiger partial charge < -0.3 is 19.1 Å². The first-order chi connectivity index (χ1) is 12.6. The van der Waals surface area contributed by atoms with E-state index in [-0.39, 0.29) is 31.8 Å². The summed E-state index contributed by atoms with van der Waals surface area (Å²) in [7, 11) is 1.71. The average molecular weight is 354 g/mol. The molecule has 2 aromatic carbocycles. The SMILES string of the molecule is CN(Cc1ccc2c(c1)OCO2)C(=O)CN1C(=O)COc2ccccc21. The standard InChI is InChI=1S/C19H18N2O5/c1-20(9-13-6-7-16-17(8-13)26-12-25-16)18(22)10-21-14-4-2-3-5-15(14)24-11-19(21)23/h2-8H,9-12H2,1H3. The van der Waals surface area contributed by atoms with E-state index in [0.29, 0.717) is 29.5 Å². The Balaban J connectivity index is 1.45. The fourth-order valence-corrected chi connectivity index (χ4v) is 2.98. The molecule has 0 atom stereocenters. The van der Waals surface area contributed by atoms with E-state index in [4.69, 9.17) is 14.2 Å². The van der Waals surface area contributed by atoms with Gasteiger partial charge in [-0.05, 0) is 29.8 Å². The van der Waals surface area contributed by atoms with Crippen LogP contribution in [-0.2, 0) is 16.1 Å². The van der Waals surface area contributed by atoms with Crippen molar-refractivity contribution in [2.24, 2.45) is 0 Å². The molecule has 0 bridgehead atoms. The van der Waals surface area contributed by atoms with E-state index in [2.05, 4.69) is 0 Å². The summed E-state index contributed by atoms with van der Waals surface area (Å²) in [4.78, 5) is 27.9. The molecule has 0 unspecified atom stereocenters. The molecule has 7 nitrogen and oxygen atoms in total. The molecule has 2 aromatic rings. The molecule has 0 aromatic heterocycles. The van der Waals surface area contributed by atoms with Crippen molar-refractivity contribution in [1.29, 1.82) is 0 Å². The molecule has 0 N–H and O–H groups in total. The summed E-state index contributed by atoms with van der Waals surface area (Å²) in [6.45, 7) is 0.540. The van der Waals surface area contributed by atoms with Gasteiger partial charge in [-0.3, -0.25) is 14.5 Å². The quantitative estimate of drug-likeness (QED) is 0.838. The van der Waals surface area contributed by atoms with Gasteiger partial charge in [0.1, 0.15) is 12.3 Å². The number of anilines is 1. The Bertz CT molecular complexity index is 867. The van der Waals surface area contributed by atoms with Crippen LogP contribution >= 0.6 is 0 Å². The lowest BCUT2D eigenvalue weighted by molar-refractivity contribution is -0.131. The number of rotatable bonds is 4. The van der Waals surface area contributed by atoms with Crippen molar-refractivity contribution in [2.75, 3.05) is 31.9 Å². The number of carbonyl (C=O) groups excluding carboxylic acids is 2. The van der Waals surface area contributed by atoms with Crippen LogP contribution in [0.5, 0.6) is 17.2 Å². The van der Waals surface area contributed by atoms with Gasteiger partial charge in [-0.25, -0.2) is 0 Å². The molecule has 2 aliphatic rings. The van der Waals surface area contributed by atoms with Crippen LogP contribution in [0.1, 0.15) is 5.56 Å². The molecule has 0 saturated heterocycles. The van der Waals surface area contributed by atoms with Crippen LogP contribution in [0.25, 0.3) is 0 Å². The number of hydrogen-bond donors (Lipinski definition) is 0. The predicted molar refractivity (Wildman–Crippen MR) is 93.3 cm³/mol. The molecule has 0 radical (unpaired) electrons. The molecule has 7 heteroatoms. The first-order valence-corrected chi connectivity index (χ1v) is 8.26. The second-order valence-electron chi connectivity index (χ2n) is 6.17. The molecule has 2 amide bonds. The Kier molecular flexibility index (Phi) is 4.12. The summed E-state index contributed by atoms with van der Waals surface area (Å²) in [6.07, 6.45) is 0.